The largest absolute Gasteiger partial charge is 0.506 e. The maximum absolute atomic E-state index is 11.8. The fourth-order valence-electron chi connectivity index (χ4n) is 3.28. The minimum atomic E-state index is -5.03. The van der Waals surface area contributed by atoms with Crippen molar-refractivity contribution in [1.82, 2.24) is 0 Å². The number of nitrogens with one attached hydrogen (secondary N) is 1. The highest BCUT2D eigenvalue weighted by molar-refractivity contribution is 7.91. The van der Waals surface area contributed by atoms with Gasteiger partial charge in [-0.25, -0.2) is 0 Å². The fraction of sp³-hybridized carbons (Fsp3) is 0. The lowest BCUT2D eigenvalue weighted by molar-refractivity contribution is 0.441. The van der Waals surface area contributed by atoms with Gasteiger partial charge in [-0.05, 0) is 58.7 Å². The number of aliphatic hydroxyl groups excluding tert-OH is 1. The summed E-state index contributed by atoms with van der Waals surface area (Å²) >= 11 is 0. The zero-order chi connectivity index (χ0) is 26.5. The third kappa shape index (κ3) is 5.26. The Morgan fingerprint density at radius 1 is 0.714 bits per heavy atom. The molecule has 0 spiro atoms. The second-order valence-electron chi connectivity index (χ2n) is 7.17. The van der Waals surface area contributed by atoms with Crippen LogP contribution in [0, 0.1) is 5.41 Å². The van der Waals surface area contributed by atoms with E-state index in [-0.39, 0.29) is 33.6 Å². The van der Waals surface area contributed by atoms with Gasteiger partial charge in [-0.3, -0.25) is 19.1 Å². The van der Waals surface area contributed by atoms with Crippen LogP contribution in [0.2, 0.25) is 0 Å². The summed E-state index contributed by atoms with van der Waals surface area (Å²) in [6, 6.07) is 6.43. The van der Waals surface area contributed by atoms with Crippen molar-refractivity contribution < 1.29 is 44.0 Å². The van der Waals surface area contributed by atoms with Crippen LogP contribution in [0.1, 0.15) is 11.1 Å². The molecule has 0 atom stereocenters. The van der Waals surface area contributed by atoms with E-state index in [0.29, 0.717) is 0 Å². The molecule has 16 heteroatoms. The van der Waals surface area contributed by atoms with Crippen LogP contribution in [-0.2, 0) is 30.4 Å². The van der Waals surface area contributed by atoms with Crippen LogP contribution in [0.5, 0.6) is 0 Å². The average molecular weight is 544 g/mol. The maximum Gasteiger partial charge on any atom is 0.296 e. The lowest BCUT2D eigenvalue weighted by atomic mass is 9.90. The first-order valence-electron chi connectivity index (χ1n) is 9.09. The number of nitrogen functional groups attached to an aromatic ring is 2. The molecule has 35 heavy (non-hydrogen) atoms. The molecule has 13 nitrogen and oxygen atoms in total. The normalized spacial score (nSPS) is 14.9. The molecule has 0 aliphatic heterocycles. The number of hydrogen-bond donors (Lipinski definition) is 7. The molecule has 9 N–H and O–H groups in total. The summed E-state index contributed by atoms with van der Waals surface area (Å²) < 4.78 is 99.2. The summed E-state index contributed by atoms with van der Waals surface area (Å²) in [6.45, 7) is 0. The maximum atomic E-state index is 11.8. The second kappa shape index (κ2) is 8.59. The van der Waals surface area contributed by atoms with E-state index in [1.165, 1.54) is 12.1 Å². The van der Waals surface area contributed by atoms with Gasteiger partial charge in [0, 0.05) is 0 Å². The highest BCUT2D eigenvalue weighted by Gasteiger charge is 2.28. The highest BCUT2D eigenvalue weighted by atomic mass is 32.2. The van der Waals surface area contributed by atoms with Crippen molar-refractivity contribution in [3.8, 4) is 0 Å². The Hall–Kier alpha value is -3.54. The van der Waals surface area contributed by atoms with Gasteiger partial charge in [0.1, 0.15) is 26.2 Å². The van der Waals surface area contributed by atoms with Gasteiger partial charge in [0.05, 0.1) is 11.4 Å². The van der Waals surface area contributed by atoms with E-state index < -0.39 is 56.5 Å². The highest BCUT2D eigenvalue weighted by Crippen LogP contribution is 2.36. The molecule has 186 valence electrons. The van der Waals surface area contributed by atoms with Crippen LogP contribution in [-0.4, -0.2) is 49.7 Å². The van der Waals surface area contributed by atoms with Crippen LogP contribution in [0.3, 0.4) is 0 Å². The van der Waals surface area contributed by atoms with Crippen molar-refractivity contribution in [2.45, 2.75) is 9.79 Å². The summed E-state index contributed by atoms with van der Waals surface area (Å²) in [7, 11) is -14.7. The van der Waals surface area contributed by atoms with Crippen molar-refractivity contribution in [3.63, 3.8) is 0 Å². The first kappa shape index (κ1) is 26.1. The number of anilines is 2. The molecule has 3 rings (SSSR count). The molecule has 0 heterocycles. The lowest BCUT2D eigenvalue weighted by Crippen LogP contribution is -2.17. The lowest BCUT2D eigenvalue weighted by Gasteiger charge is -2.19. The van der Waals surface area contributed by atoms with Crippen LogP contribution in [0.25, 0.3) is 5.57 Å². The standard InChI is InChI=1S/C19H17N3O10S3/c20-12-3-1-9(6-15(12)33(24,25)26)18(10-2-4-13(21)16(7-10)34(27,28)29)11-5-14(23)19(22)17(8-11)35(30,31)32/h1-8,22-23H,20-21H2,(H,24,25,26)(H,27,28,29)(H,30,31,32). The molecule has 2 aromatic rings. The molecule has 0 amide bonds. The minimum absolute atomic E-state index is 0.0868. The van der Waals surface area contributed by atoms with Crippen LogP contribution in [0.15, 0.2) is 74.6 Å². The topological polar surface area (TPSA) is 259 Å². The monoisotopic (exact) mass is 543 g/mol. The summed E-state index contributed by atoms with van der Waals surface area (Å²) in [6.07, 6.45) is 1.68. The van der Waals surface area contributed by atoms with E-state index in [1.54, 1.807) is 0 Å². The predicted octanol–water partition coefficient (Wildman–Crippen LogP) is 1.39. The van der Waals surface area contributed by atoms with Crippen molar-refractivity contribution >= 4 is 53.0 Å². The van der Waals surface area contributed by atoms with Crippen molar-refractivity contribution in [3.05, 3.63) is 75.9 Å². The Bertz CT molecular complexity index is 1620. The Labute approximate surface area is 199 Å². The van der Waals surface area contributed by atoms with Crippen molar-refractivity contribution in [1.29, 1.82) is 5.41 Å². The smallest absolute Gasteiger partial charge is 0.296 e. The number of hydrogen-bond acceptors (Lipinski definition) is 10. The van der Waals surface area contributed by atoms with E-state index in [2.05, 4.69) is 0 Å². The van der Waals surface area contributed by atoms with E-state index >= 15 is 0 Å². The zero-order valence-electron chi connectivity index (χ0n) is 17.2. The quantitative estimate of drug-likeness (QED) is 0.208. The van der Waals surface area contributed by atoms with Gasteiger partial charge >= 0.3 is 0 Å². The van der Waals surface area contributed by atoms with Gasteiger partial charge in [-0.15, -0.1) is 0 Å². The number of aliphatic hydroxyl groups is 1. The molecule has 0 saturated heterocycles. The molecule has 0 aromatic heterocycles. The molecule has 1 aliphatic carbocycles. The first-order valence-corrected chi connectivity index (χ1v) is 13.4. The molecule has 0 fully saturated rings. The summed E-state index contributed by atoms with van der Waals surface area (Å²) in [4.78, 5) is -2.50. The average Bonchev–Trinajstić information content (AvgIpc) is 2.70. The fourth-order valence-corrected chi connectivity index (χ4v) is 5.20. The zero-order valence-corrected chi connectivity index (χ0v) is 19.7. The summed E-state index contributed by atoms with van der Waals surface area (Å²) in [5, 5.41) is 17.9. The first-order chi connectivity index (χ1) is 15.9. The van der Waals surface area contributed by atoms with Crippen molar-refractivity contribution in [2.24, 2.45) is 0 Å². The molecule has 0 unspecified atom stereocenters. The Morgan fingerprint density at radius 3 is 1.51 bits per heavy atom. The Kier molecular flexibility index (Phi) is 6.40. The van der Waals surface area contributed by atoms with Crippen LogP contribution >= 0.6 is 0 Å². The molecule has 2 aromatic carbocycles. The molecule has 1 aliphatic rings. The predicted molar refractivity (Wildman–Crippen MR) is 125 cm³/mol. The van der Waals surface area contributed by atoms with Gasteiger partial charge < -0.3 is 16.6 Å². The molecular formula is C19H17N3O10S3. The van der Waals surface area contributed by atoms with E-state index in [9.17, 15) is 44.0 Å². The second-order valence-corrected chi connectivity index (χ2v) is 11.3. The van der Waals surface area contributed by atoms with Gasteiger partial charge in [0.25, 0.3) is 30.4 Å². The molecule has 0 radical (unpaired) electrons. The van der Waals surface area contributed by atoms with Gasteiger partial charge in [0.15, 0.2) is 0 Å². The van der Waals surface area contributed by atoms with Crippen LogP contribution in [0.4, 0.5) is 11.4 Å². The Morgan fingerprint density at radius 2 is 1.14 bits per heavy atom. The molecular weight excluding hydrogens is 526 g/mol. The van der Waals surface area contributed by atoms with Crippen molar-refractivity contribution in [2.75, 3.05) is 11.5 Å². The third-order valence-electron chi connectivity index (χ3n) is 4.81. The minimum Gasteiger partial charge on any atom is -0.506 e. The number of nitrogens with two attached hydrogens (primary N) is 2. The molecule has 0 bridgehead atoms. The number of benzene rings is 2. The molecule has 0 saturated carbocycles. The van der Waals surface area contributed by atoms with E-state index in [4.69, 9.17) is 16.9 Å². The SMILES string of the molecule is N=C1C(O)=CC(=C(c2ccc(N)c(S(=O)(=O)O)c2)c2ccc(N)c(S(=O)(=O)O)c2)C=C1S(=O)(=O)O. The van der Waals surface area contributed by atoms with E-state index in [0.717, 1.165) is 36.4 Å². The van der Waals surface area contributed by atoms with Gasteiger partial charge in [0.2, 0.25) is 0 Å². The third-order valence-corrected chi connectivity index (χ3v) is 7.50. The van der Waals surface area contributed by atoms with Gasteiger partial charge in [-0.2, -0.15) is 25.3 Å². The number of allylic oxidation sites excluding steroid dienone is 4. The summed E-state index contributed by atoms with van der Waals surface area (Å²) in [5.74, 6) is -0.900. The Balaban J connectivity index is 2.53. The van der Waals surface area contributed by atoms with E-state index in [1.807, 2.05) is 0 Å². The van der Waals surface area contributed by atoms with Gasteiger partial charge in [-0.1, -0.05) is 12.1 Å². The summed E-state index contributed by atoms with van der Waals surface area (Å²) in [5.41, 5.74) is 9.04. The number of rotatable bonds is 5. The van der Waals surface area contributed by atoms with Crippen LogP contribution < -0.4 is 11.5 Å².